The molecule has 0 spiro atoms. The van der Waals surface area contributed by atoms with Crippen LogP contribution < -0.4 is 0 Å². The van der Waals surface area contributed by atoms with Crippen LogP contribution in [-0.4, -0.2) is 96.7 Å². The molecule has 0 bridgehead atoms. The molecule has 0 radical (unpaired) electrons. The second kappa shape index (κ2) is 67.2. The van der Waals surface area contributed by atoms with Gasteiger partial charge in [0.2, 0.25) is 0 Å². The number of carbonyl (C=O) groups excluding carboxylic acids is 4. The summed E-state index contributed by atoms with van der Waals surface area (Å²) in [5.41, 5.74) is 0. The highest BCUT2D eigenvalue weighted by molar-refractivity contribution is 7.47. The number of ether oxygens (including phenoxy) is 4. The summed E-state index contributed by atoms with van der Waals surface area (Å²) < 4.78 is 68.6. The van der Waals surface area contributed by atoms with Gasteiger partial charge in [-0.2, -0.15) is 0 Å². The van der Waals surface area contributed by atoms with E-state index in [-0.39, 0.29) is 25.7 Å². The number of rotatable bonds is 75. The van der Waals surface area contributed by atoms with Crippen molar-refractivity contribution in [3.8, 4) is 0 Å². The number of carbonyl (C=O) groups is 4. The Kier molecular flexibility index (Phi) is 65.9. The molecule has 19 heteroatoms. The zero-order valence-electron chi connectivity index (χ0n) is 63.7. The molecule has 3 unspecified atom stereocenters. The first-order valence-electron chi connectivity index (χ1n) is 40.2. The molecule has 0 aromatic heterocycles. The van der Waals surface area contributed by atoms with Gasteiger partial charge in [-0.15, -0.1) is 0 Å². The Bertz CT molecular complexity index is 1900. The van der Waals surface area contributed by atoms with Crippen molar-refractivity contribution in [2.75, 3.05) is 39.6 Å². The van der Waals surface area contributed by atoms with Crippen LogP contribution in [0.1, 0.15) is 396 Å². The third-order valence-electron chi connectivity index (χ3n) is 18.4. The second-order valence-corrected chi connectivity index (χ2v) is 32.7. The van der Waals surface area contributed by atoms with Gasteiger partial charge in [-0.1, -0.05) is 344 Å². The molecule has 0 saturated heterocycles. The van der Waals surface area contributed by atoms with Crippen molar-refractivity contribution < 1.29 is 80.2 Å². The summed E-state index contributed by atoms with van der Waals surface area (Å²) in [6, 6.07) is 0. The van der Waals surface area contributed by atoms with Crippen LogP contribution in [-0.2, 0) is 65.4 Å². The van der Waals surface area contributed by atoms with E-state index < -0.39 is 97.5 Å². The molecule has 17 nitrogen and oxygen atoms in total. The van der Waals surface area contributed by atoms with E-state index in [1.165, 1.54) is 199 Å². The maximum absolute atomic E-state index is 13.1. The lowest BCUT2D eigenvalue weighted by Crippen LogP contribution is -2.30. The predicted octanol–water partition coefficient (Wildman–Crippen LogP) is 22.8. The molecule has 0 saturated carbocycles. The highest BCUT2D eigenvalue weighted by Gasteiger charge is 2.30. The van der Waals surface area contributed by atoms with Gasteiger partial charge in [-0.3, -0.25) is 37.3 Å². The maximum Gasteiger partial charge on any atom is 0.472 e. The van der Waals surface area contributed by atoms with Crippen molar-refractivity contribution in [2.24, 2.45) is 23.7 Å². The molecule has 6 atom stereocenters. The summed E-state index contributed by atoms with van der Waals surface area (Å²) in [7, 11) is -9.92. The van der Waals surface area contributed by atoms with Crippen LogP contribution in [0, 0.1) is 23.7 Å². The lowest BCUT2D eigenvalue weighted by molar-refractivity contribution is -0.161. The molecule has 576 valence electrons. The Morgan fingerprint density at radius 1 is 0.289 bits per heavy atom. The Balaban J connectivity index is 5.27. The third-order valence-corrected chi connectivity index (χ3v) is 20.3. The first-order valence-corrected chi connectivity index (χ1v) is 43.2. The van der Waals surface area contributed by atoms with Gasteiger partial charge in [0.05, 0.1) is 26.4 Å². The fourth-order valence-electron chi connectivity index (χ4n) is 11.9. The largest absolute Gasteiger partial charge is 0.472 e. The van der Waals surface area contributed by atoms with Crippen LogP contribution in [0.3, 0.4) is 0 Å². The van der Waals surface area contributed by atoms with Gasteiger partial charge in [-0.25, -0.2) is 9.13 Å². The SMILES string of the molecule is CCC(C)CCCCCCCCCCC(=O)OC[C@H](COP(=O)(O)OC[C@H](O)COP(=O)(O)OC[C@@H](COC(=O)CCCCCCCCCCCCCC(C)C)OC(=O)CCCCCCCCCCCCCCCCCC(C)C)OC(=O)CCCCCCCCCCCCC(C)C. The van der Waals surface area contributed by atoms with E-state index in [9.17, 15) is 43.2 Å². The fourth-order valence-corrected chi connectivity index (χ4v) is 13.5. The van der Waals surface area contributed by atoms with Crippen molar-refractivity contribution >= 4 is 39.5 Å². The van der Waals surface area contributed by atoms with Crippen molar-refractivity contribution in [1.29, 1.82) is 0 Å². The Morgan fingerprint density at radius 2 is 0.495 bits per heavy atom. The highest BCUT2D eigenvalue weighted by atomic mass is 31.2. The highest BCUT2D eigenvalue weighted by Crippen LogP contribution is 2.45. The molecule has 0 heterocycles. The topological polar surface area (TPSA) is 237 Å². The molecule has 0 aromatic rings. The lowest BCUT2D eigenvalue weighted by Gasteiger charge is -2.21. The van der Waals surface area contributed by atoms with Crippen molar-refractivity contribution in [2.45, 2.75) is 414 Å². The number of hydrogen-bond acceptors (Lipinski definition) is 15. The molecule has 0 rings (SSSR count). The predicted molar refractivity (Wildman–Crippen MR) is 395 cm³/mol. The zero-order valence-corrected chi connectivity index (χ0v) is 65.5. The van der Waals surface area contributed by atoms with Crippen molar-refractivity contribution in [3.63, 3.8) is 0 Å². The van der Waals surface area contributed by atoms with E-state index in [1.54, 1.807) is 0 Å². The molecule has 0 fully saturated rings. The van der Waals surface area contributed by atoms with E-state index in [1.807, 2.05) is 0 Å². The van der Waals surface area contributed by atoms with Crippen molar-refractivity contribution in [3.05, 3.63) is 0 Å². The van der Waals surface area contributed by atoms with Crippen LogP contribution >= 0.6 is 15.6 Å². The minimum atomic E-state index is -4.96. The number of phosphoric ester groups is 2. The van der Waals surface area contributed by atoms with Crippen LogP contribution in [0.2, 0.25) is 0 Å². The number of hydrogen-bond donors (Lipinski definition) is 3. The molecule has 0 aliphatic carbocycles. The van der Waals surface area contributed by atoms with Crippen LogP contribution in [0.4, 0.5) is 0 Å². The van der Waals surface area contributed by atoms with E-state index in [0.717, 1.165) is 114 Å². The number of esters is 4. The third kappa shape index (κ3) is 70.9. The van der Waals surface area contributed by atoms with Gasteiger partial charge in [0, 0.05) is 25.7 Å². The Labute approximate surface area is 594 Å². The molecule has 97 heavy (non-hydrogen) atoms. The summed E-state index contributed by atoms with van der Waals surface area (Å²) in [6.45, 7) is 14.2. The summed E-state index contributed by atoms with van der Waals surface area (Å²) in [4.78, 5) is 72.9. The van der Waals surface area contributed by atoms with Gasteiger partial charge in [0.25, 0.3) is 0 Å². The van der Waals surface area contributed by atoms with E-state index in [0.29, 0.717) is 25.7 Å². The summed E-state index contributed by atoms with van der Waals surface area (Å²) in [5.74, 6) is 0.986. The van der Waals surface area contributed by atoms with E-state index in [4.69, 9.17) is 37.0 Å². The molecular weight excluding hydrogens is 1270 g/mol. The van der Waals surface area contributed by atoms with Gasteiger partial charge >= 0.3 is 39.5 Å². The average Bonchev–Trinajstić information content (AvgIpc) is 1.12. The van der Waals surface area contributed by atoms with Gasteiger partial charge in [-0.05, 0) is 49.4 Å². The molecule has 3 N–H and O–H groups in total. The van der Waals surface area contributed by atoms with E-state index in [2.05, 4.69) is 55.4 Å². The molecule has 0 aliphatic rings. The summed E-state index contributed by atoms with van der Waals surface area (Å²) in [5, 5.41) is 10.6. The smallest absolute Gasteiger partial charge is 0.462 e. The molecule has 0 amide bonds. The fraction of sp³-hybridized carbons (Fsp3) is 0.949. The summed E-state index contributed by atoms with van der Waals surface area (Å²) in [6.07, 6.45) is 52.6. The number of aliphatic hydroxyl groups excluding tert-OH is 1. The van der Waals surface area contributed by atoms with Gasteiger partial charge in [0.1, 0.15) is 19.3 Å². The normalized spacial score (nSPS) is 14.4. The van der Waals surface area contributed by atoms with Crippen molar-refractivity contribution in [1.82, 2.24) is 0 Å². The number of phosphoric acid groups is 2. The Morgan fingerprint density at radius 3 is 0.732 bits per heavy atom. The Hall–Kier alpha value is -1.94. The minimum absolute atomic E-state index is 0.105. The average molecular weight is 1420 g/mol. The monoisotopic (exact) mass is 1420 g/mol. The molecule has 0 aromatic carbocycles. The second-order valence-electron chi connectivity index (χ2n) is 29.8. The van der Waals surface area contributed by atoms with Crippen LogP contribution in [0.15, 0.2) is 0 Å². The van der Waals surface area contributed by atoms with E-state index >= 15 is 0 Å². The van der Waals surface area contributed by atoms with Gasteiger partial charge < -0.3 is 33.8 Å². The molecule has 0 aliphatic heterocycles. The van der Waals surface area contributed by atoms with Gasteiger partial charge in [0.15, 0.2) is 12.2 Å². The number of aliphatic hydroxyl groups is 1. The first-order chi connectivity index (χ1) is 46.6. The number of unbranched alkanes of at least 4 members (excludes halogenated alkanes) is 40. The standard InChI is InChI=1S/C78H152O17P2/c1-9-71(8)57-49-41-33-28-29-35-43-51-59-76(81)89-65-74(95-78(83)61-53-45-37-27-21-20-24-32-40-48-56-70(6)7)67-93-97(86,87)91-63-72(79)62-90-96(84,85)92-66-73(64-88-75(80)58-50-42-34-25-19-15-17-23-31-39-47-55-69(4)5)94-77(82)60-52-44-36-26-18-14-12-10-11-13-16-22-30-38-46-54-68(2)3/h68-74,79H,9-67H2,1-8H3,(H,84,85)(H,86,87)/t71?,72-,73-,74-/m1/s1. The first kappa shape index (κ1) is 95.1. The lowest BCUT2D eigenvalue weighted by atomic mass is 9.99. The minimum Gasteiger partial charge on any atom is -0.462 e. The van der Waals surface area contributed by atoms with Crippen LogP contribution in [0.25, 0.3) is 0 Å². The molecular formula is C78H152O17P2. The maximum atomic E-state index is 13.1. The quantitative estimate of drug-likeness (QED) is 0.0222. The zero-order chi connectivity index (χ0) is 71.7. The van der Waals surface area contributed by atoms with Crippen LogP contribution in [0.5, 0.6) is 0 Å². The summed E-state index contributed by atoms with van der Waals surface area (Å²) >= 11 is 0.